The van der Waals surface area contributed by atoms with Gasteiger partial charge in [0, 0.05) is 5.02 Å². The molecule has 0 heterocycles. The summed E-state index contributed by atoms with van der Waals surface area (Å²) in [4.78, 5) is 0. The van der Waals surface area contributed by atoms with Crippen molar-refractivity contribution in [1.29, 1.82) is 0 Å². The van der Waals surface area contributed by atoms with Gasteiger partial charge in [-0.05, 0) is 11.1 Å². The average Bonchev–Trinajstić information content (AvgIpc) is 3.03. The van der Waals surface area contributed by atoms with Gasteiger partial charge in [0.05, 0.1) is 0 Å². The van der Waals surface area contributed by atoms with E-state index in [1.807, 2.05) is 25.1 Å². The summed E-state index contributed by atoms with van der Waals surface area (Å²) in [6.07, 6.45) is 10.0. The first kappa shape index (κ1) is 31.4. The molecule has 6 heteroatoms. The fourth-order valence-electron chi connectivity index (χ4n) is 1.73. The number of aryl methyl sites for hydroxylation is 1. The third-order valence-corrected chi connectivity index (χ3v) is 3.00. The molecule has 0 aromatic heterocycles. The van der Waals surface area contributed by atoms with Gasteiger partial charge in [-0.3, -0.25) is 6.08 Å². The zero-order valence-electron chi connectivity index (χ0n) is 13.3. The van der Waals surface area contributed by atoms with Gasteiger partial charge in [0.2, 0.25) is 0 Å². The number of hydrogen-bond acceptors (Lipinski definition) is 0. The van der Waals surface area contributed by atoms with Gasteiger partial charge in [-0.15, -0.1) is 59.7 Å². The van der Waals surface area contributed by atoms with E-state index in [9.17, 15) is 0 Å². The third kappa shape index (κ3) is 10.9. The first-order valence-corrected chi connectivity index (χ1v) is 10.6. The third-order valence-electron chi connectivity index (χ3n) is 2.47. The Balaban J connectivity index is -0.000000143. The molecule has 0 aliphatic heterocycles. The van der Waals surface area contributed by atoms with Gasteiger partial charge in [-0.25, -0.2) is 12.2 Å². The van der Waals surface area contributed by atoms with Crippen LogP contribution in [0.3, 0.4) is 0 Å². The standard InChI is InChI=1S/C10H7Cl2.C5H5.2CH3.2ClH.Si.Zr/c1-6-2-7-4-8(11)5-10(12)9(7)3-6;1-2-4-5-3-1;;;;;;/h2-5H,1H3;1-3H,4H2;2*1H3;2*1H;;/q4*-1;;;;. The summed E-state index contributed by atoms with van der Waals surface area (Å²) in [5.74, 6) is 0. The van der Waals surface area contributed by atoms with Crippen LogP contribution in [0.4, 0.5) is 0 Å². The molecule has 0 spiro atoms. The van der Waals surface area contributed by atoms with E-state index >= 15 is 0 Å². The number of halogens is 4. The van der Waals surface area contributed by atoms with Crippen molar-refractivity contribution < 1.29 is 23.3 Å². The quantitative estimate of drug-likeness (QED) is 0.283. The van der Waals surface area contributed by atoms with Crippen LogP contribution in [-0.2, 0) is 23.3 Å². The van der Waals surface area contributed by atoms with Crippen LogP contribution in [-0.4, -0.2) is 6.88 Å². The van der Waals surface area contributed by atoms with Crippen LogP contribution >= 0.6 is 48.0 Å². The fraction of sp³-hybridized carbons (Fsp3) is 0.118. The molecule has 0 amide bonds. The van der Waals surface area contributed by atoms with E-state index in [1.165, 1.54) is 28.9 Å². The van der Waals surface area contributed by atoms with E-state index in [1.54, 1.807) is 6.07 Å². The SMILES string of the molecule is Cc1cc2c(Cl)cc(Cl)cc2[cH-]1.Cl.Cl.[C-]1=CC=CC1.[CH3-].[CH3-].[Si]=[Zr]. The molecule has 0 atom stereocenters. The van der Waals surface area contributed by atoms with E-state index in [2.05, 4.69) is 31.2 Å². The number of hydrogen-bond donors (Lipinski definition) is 0. The molecule has 1 aliphatic rings. The van der Waals surface area contributed by atoms with Crippen LogP contribution in [0.15, 0.2) is 42.5 Å². The van der Waals surface area contributed by atoms with Crippen molar-refractivity contribution in [2.24, 2.45) is 0 Å². The maximum absolute atomic E-state index is 5.99. The summed E-state index contributed by atoms with van der Waals surface area (Å²) in [7, 11) is 0. The Morgan fingerprint density at radius 1 is 1.13 bits per heavy atom. The summed E-state index contributed by atoms with van der Waals surface area (Å²) < 4.78 is 0. The second-order valence-electron chi connectivity index (χ2n) is 3.93. The van der Waals surface area contributed by atoms with Gasteiger partial charge in [-0.2, -0.15) is 12.1 Å². The van der Waals surface area contributed by atoms with Crippen LogP contribution in [0.5, 0.6) is 0 Å². The van der Waals surface area contributed by atoms with Crippen molar-refractivity contribution in [3.63, 3.8) is 0 Å². The van der Waals surface area contributed by atoms with Gasteiger partial charge in [-0.1, -0.05) is 30.1 Å². The van der Waals surface area contributed by atoms with Crippen molar-refractivity contribution in [3.8, 4) is 0 Å². The van der Waals surface area contributed by atoms with Gasteiger partial charge >= 0.3 is 30.2 Å². The monoisotopic (exact) mass is 482 g/mol. The Labute approximate surface area is 180 Å². The normalized spacial score (nSPS) is 9.65. The average molecular weight is 485 g/mol. The summed E-state index contributed by atoms with van der Waals surface area (Å²) in [6, 6.07) is 7.84. The molecule has 128 valence electrons. The minimum absolute atomic E-state index is 0. The van der Waals surface area contributed by atoms with E-state index in [0.717, 1.165) is 22.2 Å². The number of fused-ring (bicyclic) bond motifs is 1. The van der Waals surface area contributed by atoms with E-state index < -0.39 is 0 Å². The van der Waals surface area contributed by atoms with E-state index in [0.29, 0.717) is 5.02 Å². The van der Waals surface area contributed by atoms with Crippen molar-refractivity contribution in [2.45, 2.75) is 13.3 Å². The number of allylic oxidation sites excluding steroid dienone is 4. The predicted molar refractivity (Wildman–Crippen MR) is 109 cm³/mol. The summed E-state index contributed by atoms with van der Waals surface area (Å²) in [5, 5.41) is 3.62. The van der Waals surface area contributed by atoms with Crippen molar-refractivity contribution >= 4 is 65.7 Å². The molecular weight excluding hydrogens is 465 g/mol. The molecule has 0 nitrogen and oxygen atoms in total. The molecule has 1 aliphatic carbocycles. The molecule has 0 fully saturated rings. The molecule has 2 aromatic carbocycles. The summed E-state index contributed by atoms with van der Waals surface area (Å²) >= 11 is 13.2. The molecule has 0 saturated carbocycles. The Morgan fingerprint density at radius 3 is 2.17 bits per heavy atom. The molecule has 2 aromatic rings. The predicted octanol–water partition coefficient (Wildman–Crippen LogP) is 6.84. The molecule has 0 N–H and O–H groups in total. The van der Waals surface area contributed by atoms with Crippen LogP contribution in [0.2, 0.25) is 10.0 Å². The molecule has 23 heavy (non-hydrogen) atoms. The van der Waals surface area contributed by atoms with Gasteiger partial charge in [0.25, 0.3) is 0 Å². The van der Waals surface area contributed by atoms with Crippen LogP contribution < -0.4 is 0 Å². The first-order chi connectivity index (χ1) is 9.16. The maximum atomic E-state index is 5.99. The summed E-state index contributed by atoms with van der Waals surface area (Å²) in [5.41, 5.74) is 1.22. The van der Waals surface area contributed by atoms with Crippen molar-refractivity contribution in [1.82, 2.24) is 0 Å². The number of benzene rings is 1. The Hall–Kier alpha value is 0.570. The Kier molecular flexibility index (Phi) is 23.7. The zero-order chi connectivity index (χ0) is 14.3. The van der Waals surface area contributed by atoms with Gasteiger partial charge < -0.3 is 14.9 Å². The second-order valence-corrected chi connectivity index (χ2v) is 4.77. The topological polar surface area (TPSA) is 0 Å². The van der Waals surface area contributed by atoms with E-state index in [-0.39, 0.29) is 39.7 Å². The molecule has 0 unspecified atom stereocenters. The molecular formula is C17H20Cl4SiZr-4. The van der Waals surface area contributed by atoms with Gasteiger partial charge in [0.15, 0.2) is 0 Å². The van der Waals surface area contributed by atoms with Crippen LogP contribution in [0.1, 0.15) is 12.0 Å². The Bertz CT molecular complexity index is 596. The second kappa shape index (κ2) is 17.4. The van der Waals surface area contributed by atoms with Crippen LogP contribution in [0, 0.1) is 27.9 Å². The van der Waals surface area contributed by atoms with Crippen molar-refractivity contribution in [2.75, 3.05) is 0 Å². The molecule has 3 rings (SSSR count). The fourth-order valence-corrected chi connectivity index (χ4v) is 2.29. The van der Waals surface area contributed by atoms with Gasteiger partial charge in [0.1, 0.15) is 0 Å². The molecule has 2 radical (unpaired) electrons. The minimum atomic E-state index is 0. The van der Waals surface area contributed by atoms with Crippen LogP contribution in [0.25, 0.3) is 10.8 Å². The first-order valence-electron chi connectivity index (χ1n) is 5.65. The number of rotatable bonds is 0. The molecule has 0 bridgehead atoms. The zero-order valence-corrected chi connectivity index (χ0v) is 19.9. The summed E-state index contributed by atoms with van der Waals surface area (Å²) in [6.45, 7) is 5.11. The molecule has 0 saturated heterocycles. The van der Waals surface area contributed by atoms with E-state index in [4.69, 9.17) is 23.2 Å². The van der Waals surface area contributed by atoms with Crippen molar-refractivity contribution in [3.05, 3.63) is 79.0 Å². The Morgan fingerprint density at radius 2 is 1.74 bits per heavy atom.